The number of carbonyl (C=O) groups is 2. The Labute approximate surface area is 257 Å². The zero-order valence-electron chi connectivity index (χ0n) is 25.3. The molecule has 0 aliphatic heterocycles. The van der Waals surface area contributed by atoms with Crippen LogP contribution in [-0.2, 0) is 22.6 Å². The number of hydrogen-bond donors (Lipinski definition) is 1. The molecule has 228 valence electrons. The molecule has 42 heavy (non-hydrogen) atoms. The van der Waals surface area contributed by atoms with Gasteiger partial charge in [-0.05, 0) is 67.4 Å². The third kappa shape index (κ3) is 11.4. The van der Waals surface area contributed by atoms with Gasteiger partial charge in [0.15, 0.2) is 0 Å². The van der Waals surface area contributed by atoms with Crippen LogP contribution in [0.1, 0.15) is 62.0 Å². The van der Waals surface area contributed by atoms with Gasteiger partial charge in [0, 0.05) is 12.5 Å². The lowest BCUT2D eigenvalue weighted by Crippen LogP contribution is -2.28. The minimum atomic E-state index is -0.403. The third-order valence-corrected chi connectivity index (χ3v) is 6.93. The summed E-state index contributed by atoms with van der Waals surface area (Å²) < 4.78 is 17.3. The summed E-state index contributed by atoms with van der Waals surface area (Å²) >= 11 is 0. The standard InChI is InChI=1S/C34H44N2O5.ClH/c1-5-8-21-39-32-24-29(34(38)40-22-20-36(6-2)7-3)16-19-31(32)35-33(37)26(4)23-27-14-17-30(18-15-27)41-25-28-12-10-9-11-13-28;/h9-19,24,26H,5-8,20-23,25H2,1-4H3,(H,35,37);1H/t26-;/m1./s1. The number of nitrogens with one attached hydrogen (secondary N) is 1. The van der Waals surface area contributed by atoms with E-state index >= 15 is 0 Å². The zero-order valence-corrected chi connectivity index (χ0v) is 26.1. The first-order valence-electron chi connectivity index (χ1n) is 14.7. The first kappa shape index (κ1) is 34.7. The van der Waals surface area contributed by atoms with Crippen LogP contribution in [0.5, 0.6) is 11.5 Å². The Balaban J connectivity index is 0.00000616. The van der Waals surface area contributed by atoms with E-state index in [9.17, 15) is 9.59 Å². The Kier molecular flexibility index (Phi) is 15.5. The van der Waals surface area contributed by atoms with E-state index in [4.69, 9.17) is 14.2 Å². The van der Waals surface area contributed by atoms with Crippen molar-refractivity contribution in [3.8, 4) is 11.5 Å². The molecule has 0 radical (unpaired) electrons. The number of likely N-dealkylation sites (N-methyl/N-ethyl adjacent to an activating group) is 1. The largest absolute Gasteiger partial charge is 0.491 e. The molecule has 0 heterocycles. The number of hydrogen-bond acceptors (Lipinski definition) is 6. The molecular formula is C34H45ClN2O5. The van der Waals surface area contributed by atoms with E-state index in [0.29, 0.717) is 49.8 Å². The van der Waals surface area contributed by atoms with Gasteiger partial charge in [-0.2, -0.15) is 0 Å². The second kappa shape index (κ2) is 18.8. The zero-order chi connectivity index (χ0) is 29.5. The molecule has 1 N–H and O–H groups in total. The number of benzene rings is 3. The van der Waals surface area contributed by atoms with Gasteiger partial charge in [-0.3, -0.25) is 4.79 Å². The second-order valence-corrected chi connectivity index (χ2v) is 10.1. The average molecular weight is 597 g/mol. The molecule has 0 aliphatic carbocycles. The number of nitrogens with zero attached hydrogens (tertiary/aromatic N) is 1. The van der Waals surface area contributed by atoms with Crippen LogP contribution in [-0.4, -0.2) is 49.6 Å². The van der Waals surface area contributed by atoms with Crippen molar-refractivity contribution in [1.82, 2.24) is 4.90 Å². The molecule has 0 bridgehead atoms. The topological polar surface area (TPSA) is 77.1 Å². The quantitative estimate of drug-likeness (QED) is 0.131. The molecule has 3 aromatic carbocycles. The molecule has 3 rings (SSSR count). The molecule has 8 heteroatoms. The van der Waals surface area contributed by atoms with E-state index in [2.05, 4.69) is 31.0 Å². The van der Waals surface area contributed by atoms with Crippen molar-refractivity contribution in [2.45, 2.75) is 53.6 Å². The fourth-order valence-corrected chi connectivity index (χ4v) is 4.25. The molecule has 0 saturated heterocycles. The van der Waals surface area contributed by atoms with Crippen LogP contribution in [0.4, 0.5) is 5.69 Å². The summed E-state index contributed by atoms with van der Waals surface area (Å²) in [5.74, 6) is 0.455. The maximum absolute atomic E-state index is 13.1. The highest BCUT2D eigenvalue weighted by Crippen LogP contribution is 2.28. The fourth-order valence-electron chi connectivity index (χ4n) is 4.25. The Morgan fingerprint density at radius 3 is 2.24 bits per heavy atom. The van der Waals surface area contributed by atoms with Crippen LogP contribution >= 0.6 is 12.4 Å². The number of esters is 1. The van der Waals surface area contributed by atoms with Crippen LogP contribution in [0.25, 0.3) is 0 Å². The number of unbranched alkanes of at least 4 members (excludes halogenated alkanes) is 1. The van der Waals surface area contributed by atoms with Gasteiger partial charge < -0.3 is 24.4 Å². The number of anilines is 1. The summed E-state index contributed by atoms with van der Waals surface area (Å²) in [6, 6.07) is 22.9. The highest BCUT2D eigenvalue weighted by atomic mass is 35.5. The van der Waals surface area contributed by atoms with E-state index < -0.39 is 5.97 Å². The molecule has 7 nitrogen and oxygen atoms in total. The summed E-state index contributed by atoms with van der Waals surface area (Å²) in [4.78, 5) is 28.0. The van der Waals surface area contributed by atoms with E-state index in [1.54, 1.807) is 18.2 Å². The number of rotatable bonds is 17. The summed E-state index contributed by atoms with van der Waals surface area (Å²) in [6.45, 7) is 12.0. The smallest absolute Gasteiger partial charge is 0.338 e. The van der Waals surface area contributed by atoms with Crippen molar-refractivity contribution >= 4 is 30.0 Å². The van der Waals surface area contributed by atoms with Gasteiger partial charge >= 0.3 is 5.97 Å². The van der Waals surface area contributed by atoms with E-state index in [0.717, 1.165) is 42.8 Å². The monoisotopic (exact) mass is 596 g/mol. The Bertz CT molecular complexity index is 1220. The molecule has 0 saturated carbocycles. The normalized spacial score (nSPS) is 11.4. The Morgan fingerprint density at radius 2 is 1.57 bits per heavy atom. The molecule has 3 aromatic rings. The molecule has 1 atom stereocenters. The van der Waals surface area contributed by atoms with Gasteiger partial charge in [-0.15, -0.1) is 12.4 Å². The first-order chi connectivity index (χ1) is 19.9. The number of ether oxygens (including phenoxy) is 3. The van der Waals surface area contributed by atoms with E-state index in [-0.39, 0.29) is 24.2 Å². The van der Waals surface area contributed by atoms with Crippen molar-refractivity contribution in [3.63, 3.8) is 0 Å². The van der Waals surface area contributed by atoms with Gasteiger partial charge in [0.1, 0.15) is 24.7 Å². The predicted octanol–water partition coefficient (Wildman–Crippen LogP) is 7.18. The fraction of sp³-hybridized carbons (Fsp3) is 0.412. The molecule has 0 aliphatic rings. The third-order valence-electron chi connectivity index (χ3n) is 6.93. The molecular weight excluding hydrogens is 552 g/mol. The highest BCUT2D eigenvalue weighted by Gasteiger charge is 2.18. The Hall–Kier alpha value is -3.55. The lowest BCUT2D eigenvalue weighted by molar-refractivity contribution is -0.119. The second-order valence-electron chi connectivity index (χ2n) is 10.1. The summed E-state index contributed by atoms with van der Waals surface area (Å²) in [7, 11) is 0. The molecule has 1 amide bonds. The average Bonchev–Trinajstić information content (AvgIpc) is 3.00. The predicted molar refractivity (Wildman–Crippen MR) is 171 cm³/mol. The molecule has 0 aromatic heterocycles. The minimum absolute atomic E-state index is 0. The summed E-state index contributed by atoms with van der Waals surface area (Å²) in [5, 5.41) is 3.00. The van der Waals surface area contributed by atoms with Crippen LogP contribution in [0, 0.1) is 5.92 Å². The Morgan fingerprint density at radius 1 is 0.857 bits per heavy atom. The summed E-state index contributed by atoms with van der Waals surface area (Å²) in [6.07, 6.45) is 2.42. The van der Waals surface area contributed by atoms with Gasteiger partial charge in [-0.25, -0.2) is 4.79 Å². The highest BCUT2D eigenvalue weighted by molar-refractivity contribution is 5.96. The lowest BCUT2D eigenvalue weighted by atomic mass is 10.00. The van der Waals surface area contributed by atoms with Gasteiger partial charge in [0.25, 0.3) is 0 Å². The van der Waals surface area contributed by atoms with Crippen LogP contribution in [0.15, 0.2) is 72.8 Å². The maximum Gasteiger partial charge on any atom is 0.338 e. The van der Waals surface area contributed by atoms with Crippen molar-refractivity contribution in [2.75, 3.05) is 38.2 Å². The molecule has 0 unspecified atom stereocenters. The van der Waals surface area contributed by atoms with Crippen LogP contribution < -0.4 is 14.8 Å². The number of halogens is 1. The number of amides is 1. The SMILES string of the molecule is CCCCOc1cc(C(=O)OCCN(CC)CC)ccc1NC(=O)[C@H](C)Cc1ccc(OCc2ccccc2)cc1.Cl. The lowest BCUT2D eigenvalue weighted by Gasteiger charge is -2.18. The number of carbonyl (C=O) groups excluding carboxylic acids is 2. The van der Waals surface area contributed by atoms with Crippen molar-refractivity contribution in [2.24, 2.45) is 5.92 Å². The molecule has 0 spiro atoms. The van der Waals surface area contributed by atoms with Crippen molar-refractivity contribution in [3.05, 3.63) is 89.5 Å². The van der Waals surface area contributed by atoms with Crippen molar-refractivity contribution in [1.29, 1.82) is 0 Å². The van der Waals surface area contributed by atoms with Crippen molar-refractivity contribution < 1.29 is 23.8 Å². The van der Waals surface area contributed by atoms with Crippen LogP contribution in [0.2, 0.25) is 0 Å². The maximum atomic E-state index is 13.1. The summed E-state index contributed by atoms with van der Waals surface area (Å²) in [5.41, 5.74) is 3.10. The van der Waals surface area contributed by atoms with Crippen LogP contribution in [0.3, 0.4) is 0 Å². The minimum Gasteiger partial charge on any atom is -0.491 e. The van der Waals surface area contributed by atoms with Gasteiger partial charge in [0.05, 0.1) is 17.9 Å². The molecule has 0 fully saturated rings. The van der Waals surface area contributed by atoms with E-state index in [1.807, 2.05) is 61.5 Å². The van der Waals surface area contributed by atoms with E-state index in [1.165, 1.54) is 0 Å². The van der Waals surface area contributed by atoms with Gasteiger partial charge in [0.2, 0.25) is 5.91 Å². The first-order valence-corrected chi connectivity index (χ1v) is 14.7. The van der Waals surface area contributed by atoms with Gasteiger partial charge in [-0.1, -0.05) is 76.6 Å².